The molecule has 1 aliphatic rings. The van der Waals surface area contributed by atoms with Gasteiger partial charge < -0.3 is 10.5 Å². The van der Waals surface area contributed by atoms with E-state index in [1.54, 1.807) is 6.07 Å². The first kappa shape index (κ1) is 19.1. The molecule has 1 saturated heterocycles. The van der Waals surface area contributed by atoms with Gasteiger partial charge in [0.2, 0.25) is 0 Å². The minimum absolute atomic E-state index is 0. The maximum Gasteiger partial charge on any atom is 0.573 e. The summed E-state index contributed by atoms with van der Waals surface area (Å²) >= 11 is 0. The highest BCUT2D eigenvalue weighted by molar-refractivity contribution is 5.85. The first-order valence-electron chi connectivity index (χ1n) is 7.23. The Morgan fingerprint density at radius 3 is 2.77 bits per heavy atom. The number of hydrogen-bond acceptors (Lipinski definition) is 3. The van der Waals surface area contributed by atoms with Gasteiger partial charge >= 0.3 is 6.36 Å². The normalized spacial score (nSPS) is 19.5. The second kappa shape index (κ2) is 8.60. The van der Waals surface area contributed by atoms with E-state index in [2.05, 4.69) is 9.64 Å². The predicted octanol–water partition coefficient (Wildman–Crippen LogP) is 3.57. The molecule has 0 radical (unpaired) electrons. The summed E-state index contributed by atoms with van der Waals surface area (Å²) in [6.45, 7) is 3.27. The van der Waals surface area contributed by atoms with Crippen LogP contribution < -0.4 is 10.5 Å². The average molecular weight is 339 g/mol. The number of piperidine rings is 1. The van der Waals surface area contributed by atoms with Gasteiger partial charge in [0.05, 0.1) is 0 Å². The smallest absolute Gasteiger partial charge is 0.406 e. The van der Waals surface area contributed by atoms with E-state index in [-0.39, 0.29) is 18.2 Å². The molecule has 0 aromatic heterocycles. The Morgan fingerprint density at radius 1 is 1.32 bits per heavy atom. The van der Waals surface area contributed by atoms with Crippen molar-refractivity contribution in [3.8, 4) is 5.75 Å². The fraction of sp³-hybridized carbons (Fsp3) is 0.600. The van der Waals surface area contributed by atoms with E-state index in [9.17, 15) is 13.2 Å². The van der Waals surface area contributed by atoms with Crippen LogP contribution in [0.25, 0.3) is 0 Å². The van der Waals surface area contributed by atoms with E-state index in [0.29, 0.717) is 19.0 Å². The van der Waals surface area contributed by atoms with Crippen LogP contribution in [0.1, 0.15) is 24.8 Å². The van der Waals surface area contributed by atoms with Crippen molar-refractivity contribution in [2.75, 3.05) is 19.6 Å². The van der Waals surface area contributed by atoms with Crippen molar-refractivity contribution in [2.24, 2.45) is 11.7 Å². The fourth-order valence-electron chi connectivity index (χ4n) is 2.87. The number of ether oxygens (including phenoxy) is 1. The van der Waals surface area contributed by atoms with Gasteiger partial charge in [0.25, 0.3) is 0 Å². The van der Waals surface area contributed by atoms with Crippen molar-refractivity contribution in [3.05, 3.63) is 29.8 Å². The van der Waals surface area contributed by atoms with Gasteiger partial charge in [-0.05, 0) is 56.0 Å². The molecular weight excluding hydrogens is 317 g/mol. The van der Waals surface area contributed by atoms with Crippen LogP contribution in [0.5, 0.6) is 5.75 Å². The predicted molar refractivity (Wildman–Crippen MR) is 82.0 cm³/mol. The van der Waals surface area contributed by atoms with Crippen LogP contribution >= 0.6 is 12.4 Å². The summed E-state index contributed by atoms with van der Waals surface area (Å²) in [5.41, 5.74) is 6.43. The highest BCUT2D eigenvalue weighted by atomic mass is 35.5. The topological polar surface area (TPSA) is 38.5 Å². The van der Waals surface area contributed by atoms with Gasteiger partial charge in [-0.3, -0.25) is 4.90 Å². The first-order valence-corrected chi connectivity index (χ1v) is 7.23. The fourth-order valence-corrected chi connectivity index (χ4v) is 2.87. The Hall–Kier alpha value is -0.980. The standard InChI is InChI=1S/C15H21F3N2O.ClH/c16-15(17,18)21-14-5-1-3-13(9-14)11-20-8-2-4-12(10-20)6-7-19;/h1,3,5,9,12H,2,4,6-8,10-11,19H2;1H. The monoisotopic (exact) mass is 338 g/mol. The molecular formula is C15H22ClF3N2O. The number of benzene rings is 1. The molecule has 126 valence electrons. The van der Waals surface area contributed by atoms with Crippen LogP contribution in [0.2, 0.25) is 0 Å². The molecule has 1 aromatic carbocycles. The quantitative estimate of drug-likeness (QED) is 0.892. The van der Waals surface area contributed by atoms with Gasteiger partial charge in [-0.15, -0.1) is 25.6 Å². The zero-order valence-electron chi connectivity index (χ0n) is 12.3. The van der Waals surface area contributed by atoms with Gasteiger partial charge in [0.1, 0.15) is 5.75 Å². The molecule has 1 heterocycles. The molecule has 0 bridgehead atoms. The van der Waals surface area contributed by atoms with Crippen LogP contribution in [0.4, 0.5) is 13.2 Å². The number of nitrogens with two attached hydrogens (primary N) is 1. The Kier molecular flexibility index (Phi) is 7.45. The first-order chi connectivity index (χ1) is 9.96. The summed E-state index contributed by atoms with van der Waals surface area (Å²) in [5.74, 6) is 0.439. The summed E-state index contributed by atoms with van der Waals surface area (Å²) in [6.07, 6.45) is -1.34. The maximum atomic E-state index is 12.2. The summed E-state index contributed by atoms with van der Waals surface area (Å²) in [4.78, 5) is 2.27. The highest BCUT2D eigenvalue weighted by Crippen LogP contribution is 2.25. The molecule has 0 aliphatic carbocycles. The molecule has 1 unspecified atom stereocenters. The number of hydrogen-bond donors (Lipinski definition) is 1. The third-order valence-electron chi connectivity index (χ3n) is 3.72. The average Bonchev–Trinajstić information content (AvgIpc) is 2.38. The van der Waals surface area contributed by atoms with E-state index in [1.807, 2.05) is 6.07 Å². The molecule has 0 spiro atoms. The lowest BCUT2D eigenvalue weighted by Crippen LogP contribution is -2.35. The Balaban J connectivity index is 0.00000242. The zero-order chi connectivity index (χ0) is 15.3. The SMILES string of the molecule is Cl.NCCC1CCCN(Cc2cccc(OC(F)(F)F)c2)C1. The van der Waals surface area contributed by atoms with Crippen LogP contribution in [-0.4, -0.2) is 30.9 Å². The lowest BCUT2D eigenvalue weighted by Gasteiger charge is -2.32. The van der Waals surface area contributed by atoms with Crippen LogP contribution in [0, 0.1) is 5.92 Å². The second-order valence-corrected chi connectivity index (χ2v) is 5.52. The Labute approximate surface area is 135 Å². The summed E-state index contributed by atoms with van der Waals surface area (Å²) < 4.78 is 40.6. The molecule has 2 N–H and O–H groups in total. The third-order valence-corrected chi connectivity index (χ3v) is 3.72. The van der Waals surface area contributed by atoms with Crippen molar-refractivity contribution in [1.29, 1.82) is 0 Å². The Morgan fingerprint density at radius 2 is 2.09 bits per heavy atom. The molecule has 3 nitrogen and oxygen atoms in total. The molecule has 2 rings (SSSR count). The molecule has 1 atom stereocenters. The molecule has 22 heavy (non-hydrogen) atoms. The van der Waals surface area contributed by atoms with Crippen molar-refractivity contribution in [1.82, 2.24) is 4.90 Å². The van der Waals surface area contributed by atoms with E-state index in [4.69, 9.17) is 5.73 Å². The van der Waals surface area contributed by atoms with Crippen LogP contribution in [0.3, 0.4) is 0 Å². The summed E-state index contributed by atoms with van der Waals surface area (Å²) in [7, 11) is 0. The van der Waals surface area contributed by atoms with E-state index >= 15 is 0 Å². The van der Waals surface area contributed by atoms with Gasteiger partial charge in [0.15, 0.2) is 0 Å². The van der Waals surface area contributed by atoms with Crippen molar-refractivity contribution < 1.29 is 17.9 Å². The molecule has 1 fully saturated rings. The number of nitrogens with zero attached hydrogens (tertiary/aromatic N) is 1. The van der Waals surface area contributed by atoms with Crippen LogP contribution in [-0.2, 0) is 6.54 Å². The second-order valence-electron chi connectivity index (χ2n) is 5.52. The highest BCUT2D eigenvalue weighted by Gasteiger charge is 2.31. The minimum atomic E-state index is -4.64. The molecule has 1 aromatic rings. The van der Waals surface area contributed by atoms with Crippen molar-refractivity contribution in [2.45, 2.75) is 32.2 Å². The number of rotatable bonds is 5. The largest absolute Gasteiger partial charge is 0.573 e. The van der Waals surface area contributed by atoms with E-state index in [1.165, 1.54) is 18.6 Å². The van der Waals surface area contributed by atoms with Gasteiger partial charge in [0, 0.05) is 13.1 Å². The zero-order valence-corrected chi connectivity index (χ0v) is 13.1. The molecule has 1 aliphatic heterocycles. The molecule has 7 heteroatoms. The lowest BCUT2D eigenvalue weighted by molar-refractivity contribution is -0.274. The summed E-state index contributed by atoms with van der Waals surface area (Å²) in [5, 5.41) is 0. The van der Waals surface area contributed by atoms with Gasteiger partial charge in [-0.25, -0.2) is 0 Å². The van der Waals surface area contributed by atoms with E-state index in [0.717, 1.165) is 31.5 Å². The van der Waals surface area contributed by atoms with E-state index < -0.39 is 6.36 Å². The van der Waals surface area contributed by atoms with Crippen LogP contribution in [0.15, 0.2) is 24.3 Å². The third kappa shape index (κ3) is 6.42. The van der Waals surface area contributed by atoms with Gasteiger partial charge in [-0.2, -0.15) is 0 Å². The Bertz CT molecular complexity index is 455. The minimum Gasteiger partial charge on any atom is -0.406 e. The van der Waals surface area contributed by atoms with Gasteiger partial charge in [-0.1, -0.05) is 12.1 Å². The van der Waals surface area contributed by atoms with Crippen molar-refractivity contribution in [3.63, 3.8) is 0 Å². The molecule has 0 amide bonds. The van der Waals surface area contributed by atoms with Crippen molar-refractivity contribution >= 4 is 12.4 Å². The number of likely N-dealkylation sites (tertiary alicyclic amines) is 1. The number of alkyl halides is 3. The maximum absolute atomic E-state index is 12.2. The summed E-state index contributed by atoms with van der Waals surface area (Å²) in [6, 6.07) is 6.21. The molecule has 0 saturated carbocycles. The number of halogens is 4. The lowest BCUT2D eigenvalue weighted by atomic mass is 9.94.